The fourth-order valence-corrected chi connectivity index (χ4v) is 3.30. The Bertz CT molecular complexity index is 173. The lowest BCUT2D eigenvalue weighted by Crippen LogP contribution is -2.10. The maximum Gasteiger partial charge on any atom is 0.142 e. The first-order valence-electron chi connectivity index (χ1n) is 6.42. The number of hydrogen-bond donors (Lipinski definition) is 0. The molecular weight excluding hydrogens is 204 g/mol. The molecule has 88 valence electrons. The molecule has 0 heterocycles. The van der Waals surface area contributed by atoms with E-state index in [1.165, 1.54) is 37.9 Å². The van der Waals surface area contributed by atoms with E-state index in [-0.39, 0.29) is 0 Å². The third kappa shape index (κ3) is 6.24. The second-order valence-corrected chi connectivity index (χ2v) is 5.69. The Morgan fingerprint density at radius 2 is 2.00 bits per heavy atom. The maximum absolute atomic E-state index is 11.4. The number of rotatable bonds is 7. The lowest BCUT2D eigenvalue weighted by Gasteiger charge is -2.20. The van der Waals surface area contributed by atoms with Gasteiger partial charge in [0.25, 0.3) is 0 Å². The van der Waals surface area contributed by atoms with E-state index in [4.69, 9.17) is 0 Å². The average Bonchev–Trinajstić information content (AvgIpc) is 2.28. The summed E-state index contributed by atoms with van der Waals surface area (Å²) in [5.41, 5.74) is 0. The first-order chi connectivity index (χ1) is 7.33. The summed E-state index contributed by atoms with van der Waals surface area (Å²) in [5.74, 6) is 3.34. The van der Waals surface area contributed by atoms with E-state index in [0.29, 0.717) is 5.78 Å². The van der Waals surface area contributed by atoms with E-state index >= 15 is 0 Å². The molecule has 0 bridgehead atoms. The molecule has 1 aliphatic carbocycles. The minimum absolute atomic E-state index is 0.456. The second-order valence-electron chi connectivity index (χ2n) is 4.66. The van der Waals surface area contributed by atoms with Crippen LogP contribution in [0.5, 0.6) is 0 Å². The van der Waals surface area contributed by atoms with Gasteiger partial charge in [-0.15, -0.1) is 0 Å². The Morgan fingerprint density at radius 1 is 1.27 bits per heavy atom. The fourth-order valence-electron chi connectivity index (χ4n) is 2.14. The Hall–Kier alpha value is 0.0200. The van der Waals surface area contributed by atoms with Crippen LogP contribution in [0.25, 0.3) is 0 Å². The van der Waals surface area contributed by atoms with E-state index in [2.05, 4.69) is 6.92 Å². The van der Waals surface area contributed by atoms with Gasteiger partial charge >= 0.3 is 0 Å². The Morgan fingerprint density at radius 3 is 2.67 bits per heavy atom. The third-order valence-corrected chi connectivity index (χ3v) is 4.38. The molecule has 2 heteroatoms. The van der Waals surface area contributed by atoms with Crippen molar-refractivity contribution in [1.29, 1.82) is 0 Å². The molecule has 0 aromatic carbocycles. The van der Waals surface area contributed by atoms with Gasteiger partial charge in [0.1, 0.15) is 5.78 Å². The first kappa shape index (κ1) is 13.1. The molecule has 1 aliphatic rings. The smallest absolute Gasteiger partial charge is 0.142 e. The summed E-state index contributed by atoms with van der Waals surface area (Å²) in [6, 6.07) is 0. The van der Waals surface area contributed by atoms with E-state index in [1.54, 1.807) is 0 Å². The number of thioether (sulfide) groups is 1. The zero-order valence-electron chi connectivity index (χ0n) is 9.96. The summed E-state index contributed by atoms with van der Waals surface area (Å²) < 4.78 is 0. The zero-order chi connectivity index (χ0) is 10.9. The number of carbonyl (C=O) groups excluding carboxylic acids is 1. The highest BCUT2D eigenvalue weighted by molar-refractivity contribution is 7.99. The minimum atomic E-state index is 0.456. The van der Waals surface area contributed by atoms with Crippen LogP contribution in [-0.2, 0) is 4.79 Å². The molecule has 0 unspecified atom stereocenters. The van der Waals surface area contributed by atoms with Crippen LogP contribution in [0, 0.1) is 5.92 Å². The molecule has 1 rings (SSSR count). The van der Waals surface area contributed by atoms with Gasteiger partial charge in [0.2, 0.25) is 0 Å². The molecule has 1 saturated carbocycles. The average molecular weight is 228 g/mol. The quantitative estimate of drug-likeness (QED) is 0.653. The largest absolute Gasteiger partial charge is 0.299 e. The van der Waals surface area contributed by atoms with Crippen LogP contribution in [0.4, 0.5) is 0 Å². The highest BCUT2D eigenvalue weighted by atomic mass is 32.2. The molecule has 0 atom stereocenters. The van der Waals surface area contributed by atoms with Gasteiger partial charge in [-0.3, -0.25) is 4.79 Å². The summed E-state index contributed by atoms with van der Waals surface area (Å²) in [6.07, 6.45) is 10.1. The van der Waals surface area contributed by atoms with Crippen molar-refractivity contribution in [3.05, 3.63) is 0 Å². The standard InChI is InChI=1S/C13H24OS/c1-2-3-9-13(14)11-15-10-12-7-5-4-6-8-12/h12H,2-11H2,1H3. The zero-order valence-corrected chi connectivity index (χ0v) is 10.8. The van der Waals surface area contributed by atoms with Gasteiger partial charge in [0.05, 0.1) is 5.75 Å². The van der Waals surface area contributed by atoms with E-state index in [1.807, 2.05) is 11.8 Å². The lowest BCUT2D eigenvalue weighted by molar-refractivity contribution is -0.116. The van der Waals surface area contributed by atoms with Crippen molar-refractivity contribution in [2.24, 2.45) is 5.92 Å². The molecule has 0 radical (unpaired) electrons. The summed E-state index contributed by atoms with van der Waals surface area (Å²) in [5, 5.41) is 0. The molecule has 0 N–H and O–H groups in total. The Balaban J connectivity index is 1.97. The van der Waals surface area contributed by atoms with Gasteiger partial charge in [-0.25, -0.2) is 0 Å². The fraction of sp³-hybridized carbons (Fsp3) is 0.923. The number of hydrogen-bond acceptors (Lipinski definition) is 2. The maximum atomic E-state index is 11.4. The van der Waals surface area contributed by atoms with Crippen LogP contribution in [-0.4, -0.2) is 17.3 Å². The van der Waals surface area contributed by atoms with Crippen LogP contribution in [0.2, 0.25) is 0 Å². The van der Waals surface area contributed by atoms with E-state index < -0.39 is 0 Å². The molecule has 0 aromatic heterocycles. The lowest BCUT2D eigenvalue weighted by atomic mass is 9.91. The summed E-state index contributed by atoms with van der Waals surface area (Å²) in [6.45, 7) is 2.14. The van der Waals surface area contributed by atoms with Gasteiger partial charge in [-0.05, 0) is 30.9 Å². The van der Waals surface area contributed by atoms with E-state index in [9.17, 15) is 4.79 Å². The van der Waals surface area contributed by atoms with Crippen molar-refractivity contribution in [3.63, 3.8) is 0 Å². The summed E-state index contributed by atoms with van der Waals surface area (Å²) in [4.78, 5) is 11.4. The number of carbonyl (C=O) groups is 1. The summed E-state index contributed by atoms with van der Waals surface area (Å²) >= 11 is 1.87. The SMILES string of the molecule is CCCCC(=O)CSCC1CCCCC1. The second kappa shape index (κ2) is 8.20. The van der Waals surface area contributed by atoms with Gasteiger partial charge < -0.3 is 0 Å². The van der Waals surface area contributed by atoms with Gasteiger partial charge in [0, 0.05) is 6.42 Å². The number of Topliss-reactive ketones (excluding diaryl/α,β-unsaturated/α-hetero) is 1. The van der Waals surface area contributed by atoms with Crippen molar-refractivity contribution in [3.8, 4) is 0 Å². The number of unbranched alkanes of at least 4 members (excludes halogenated alkanes) is 1. The van der Waals surface area contributed by atoms with E-state index in [0.717, 1.165) is 30.9 Å². The predicted octanol–water partition coefficient (Wildman–Crippen LogP) is 4.06. The monoisotopic (exact) mass is 228 g/mol. The topological polar surface area (TPSA) is 17.1 Å². The van der Waals surface area contributed by atoms with Crippen molar-refractivity contribution in [2.45, 2.75) is 58.3 Å². The van der Waals surface area contributed by atoms with Crippen LogP contribution < -0.4 is 0 Å². The van der Waals surface area contributed by atoms with Crippen molar-refractivity contribution in [2.75, 3.05) is 11.5 Å². The van der Waals surface area contributed by atoms with Crippen LogP contribution in [0.1, 0.15) is 58.3 Å². The Kier molecular flexibility index (Phi) is 7.16. The molecule has 15 heavy (non-hydrogen) atoms. The van der Waals surface area contributed by atoms with Crippen molar-refractivity contribution in [1.82, 2.24) is 0 Å². The summed E-state index contributed by atoms with van der Waals surface area (Å²) in [7, 11) is 0. The molecule has 1 fully saturated rings. The molecule has 1 nitrogen and oxygen atoms in total. The van der Waals surface area contributed by atoms with Gasteiger partial charge in [-0.1, -0.05) is 32.6 Å². The molecule has 0 aliphatic heterocycles. The molecule has 0 aromatic rings. The van der Waals surface area contributed by atoms with Crippen molar-refractivity contribution >= 4 is 17.5 Å². The highest BCUT2D eigenvalue weighted by Crippen LogP contribution is 2.26. The van der Waals surface area contributed by atoms with Crippen molar-refractivity contribution < 1.29 is 4.79 Å². The van der Waals surface area contributed by atoms with Gasteiger partial charge in [-0.2, -0.15) is 11.8 Å². The molecule has 0 spiro atoms. The normalized spacial score (nSPS) is 17.9. The highest BCUT2D eigenvalue weighted by Gasteiger charge is 2.13. The van der Waals surface area contributed by atoms with Gasteiger partial charge in [0.15, 0.2) is 0 Å². The minimum Gasteiger partial charge on any atom is -0.299 e. The first-order valence-corrected chi connectivity index (χ1v) is 7.58. The molecule has 0 amide bonds. The number of ketones is 1. The van der Waals surface area contributed by atoms with Crippen LogP contribution >= 0.6 is 11.8 Å². The molecule has 0 saturated heterocycles. The van der Waals surface area contributed by atoms with Crippen LogP contribution in [0.3, 0.4) is 0 Å². The predicted molar refractivity (Wildman–Crippen MR) is 68.4 cm³/mol. The van der Waals surface area contributed by atoms with Crippen LogP contribution in [0.15, 0.2) is 0 Å². The molecular formula is C13H24OS. The Labute approximate surface area is 98.4 Å². The third-order valence-electron chi connectivity index (χ3n) is 3.15.